The van der Waals surface area contributed by atoms with Gasteiger partial charge in [-0.25, -0.2) is 0 Å². The highest BCUT2D eigenvalue weighted by Crippen LogP contribution is 2.29. The number of carboxylic acids is 1. The summed E-state index contributed by atoms with van der Waals surface area (Å²) in [5, 5.41) is 20.8. The van der Waals surface area contributed by atoms with Gasteiger partial charge in [0.2, 0.25) is 5.89 Å². The van der Waals surface area contributed by atoms with Gasteiger partial charge in [0.25, 0.3) is 5.89 Å². The Morgan fingerprint density at radius 3 is 2.75 bits per heavy atom. The average Bonchev–Trinajstić information content (AvgIpc) is 2.93. The van der Waals surface area contributed by atoms with E-state index in [1.54, 1.807) is 0 Å². The number of hydrogen-bond acceptors (Lipinski definition) is 7. The Balaban J connectivity index is 2.15. The molecule has 1 N–H and O–H groups in total. The first kappa shape index (κ1) is 14.6. The summed E-state index contributed by atoms with van der Waals surface area (Å²) in [5.74, 6) is -0.00524. The van der Waals surface area contributed by atoms with Gasteiger partial charge in [0.05, 0.1) is 12.1 Å². The minimum atomic E-state index is -0.838. The normalized spacial score (nSPS) is 11.8. The lowest BCUT2D eigenvalue weighted by Gasteiger charge is -2.19. The Morgan fingerprint density at radius 2 is 2.10 bits per heavy atom. The fourth-order valence-corrected chi connectivity index (χ4v) is 2.57. The van der Waals surface area contributed by atoms with Crippen molar-refractivity contribution in [3.8, 4) is 10.8 Å². The summed E-state index contributed by atoms with van der Waals surface area (Å²) < 4.78 is 9.48. The third kappa shape index (κ3) is 3.38. The first-order valence-corrected chi connectivity index (χ1v) is 7.04. The number of aryl methyl sites for hydroxylation is 1. The maximum Gasteiger partial charge on any atom is 0.303 e. The summed E-state index contributed by atoms with van der Waals surface area (Å²) in [6.07, 6.45) is 1.21. The average molecular weight is 296 g/mol. The first-order valence-electron chi connectivity index (χ1n) is 6.27. The number of aromatic nitrogens is 4. The zero-order valence-corrected chi connectivity index (χ0v) is 12.4. The molecule has 0 radical (unpaired) electrons. The molecular weight excluding hydrogens is 280 g/mol. The molecule has 0 aliphatic heterocycles. The van der Waals surface area contributed by atoms with Crippen molar-refractivity contribution in [2.24, 2.45) is 5.41 Å². The summed E-state index contributed by atoms with van der Waals surface area (Å²) >= 11 is 1.22. The molecule has 8 heteroatoms. The van der Waals surface area contributed by atoms with E-state index >= 15 is 0 Å². The predicted molar refractivity (Wildman–Crippen MR) is 72.3 cm³/mol. The van der Waals surface area contributed by atoms with Crippen LogP contribution in [-0.2, 0) is 17.6 Å². The Labute approximate surface area is 120 Å². The molecule has 0 atom stereocenters. The van der Waals surface area contributed by atoms with Crippen molar-refractivity contribution in [2.75, 3.05) is 0 Å². The molecule has 0 aliphatic carbocycles. The Hall–Kier alpha value is -1.83. The van der Waals surface area contributed by atoms with Gasteiger partial charge >= 0.3 is 5.97 Å². The minimum absolute atomic E-state index is 0.0486. The van der Waals surface area contributed by atoms with Crippen molar-refractivity contribution >= 4 is 17.5 Å². The molecule has 0 aromatic carbocycles. The lowest BCUT2D eigenvalue weighted by atomic mass is 9.86. The molecule has 7 nitrogen and oxygen atoms in total. The van der Waals surface area contributed by atoms with Crippen LogP contribution in [0.3, 0.4) is 0 Å². The van der Waals surface area contributed by atoms with Crippen molar-refractivity contribution in [1.82, 2.24) is 19.8 Å². The van der Waals surface area contributed by atoms with E-state index in [9.17, 15) is 4.79 Å². The van der Waals surface area contributed by atoms with Crippen LogP contribution in [0.1, 0.15) is 38.8 Å². The van der Waals surface area contributed by atoms with E-state index in [-0.39, 0.29) is 6.42 Å². The fraction of sp³-hybridized carbons (Fsp3) is 0.583. The van der Waals surface area contributed by atoms with Crippen LogP contribution in [0.4, 0.5) is 0 Å². The van der Waals surface area contributed by atoms with Gasteiger partial charge in [0.15, 0.2) is 0 Å². The molecule has 0 fully saturated rings. The largest absolute Gasteiger partial charge is 0.481 e. The smallest absolute Gasteiger partial charge is 0.303 e. The summed E-state index contributed by atoms with van der Waals surface area (Å²) in [5.41, 5.74) is 0.393. The summed E-state index contributed by atoms with van der Waals surface area (Å²) in [6.45, 7) is 5.70. The van der Waals surface area contributed by atoms with Crippen molar-refractivity contribution in [2.45, 2.75) is 40.0 Å². The number of aliphatic carboxylic acids is 1. The van der Waals surface area contributed by atoms with Crippen molar-refractivity contribution in [3.63, 3.8) is 0 Å². The van der Waals surface area contributed by atoms with E-state index in [1.165, 1.54) is 11.5 Å². The lowest BCUT2D eigenvalue weighted by Crippen LogP contribution is -2.19. The zero-order valence-electron chi connectivity index (χ0n) is 11.6. The summed E-state index contributed by atoms with van der Waals surface area (Å²) in [7, 11) is 0. The molecule has 0 amide bonds. The third-order valence-corrected chi connectivity index (χ3v) is 3.57. The van der Waals surface area contributed by atoms with E-state index in [0.717, 1.165) is 17.0 Å². The van der Waals surface area contributed by atoms with E-state index in [2.05, 4.69) is 19.8 Å². The quantitative estimate of drug-likeness (QED) is 0.871. The summed E-state index contributed by atoms with van der Waals surface area (Å²) in [4.78, 5) is 11.6. The highest BCUT2D eigenvalue weighted by Gasteiger charge is 2.26. The predicted octanol–water partition coefficient (Wildman–Crippen LogP) is 2.19. The molecule has 0 unspecified atom stereocenters. The van der Waals surface area contributed by atoms with Gasteiger partial charge in [-0.3, -0.25) is 4.79 Å². The van der Waals surface area contributed by atoms with Crippen molar-refractivity contribution < 1.29 is 14.3 Å². The molecule has 0 saturated carbocycles. The fourth-order valence-electron chi connectivity index (χ4n) is 1.90. The molecule has 108 valence electrons. The van der Waals surface area contributed by atoms with Gasteiger partial charge in [0, 0.05) is 6.42 Å². The van der Waals surface area contributed by atoms with E-state index in [4.69, 9.17) is 9.52 Å². The number of hydrogen-bond donors (Lipinski definition) is 1. The number of rotatable bonds is 6. The molecule has 2 heterocycles. The van der Waals surface area contributed by atoms with Crippen LogP contribution in [0.2, 0.25) is 0 Å². The summed E-state index contributed by atoms with van der Waals surface area (Å²) in [6, 6.07) is 0. The standard InChI is InChI=1S/C12H16N4O3S/c1-4-7-10(20-16-13-7)11-15-14-8(19-11)5-12(2,3)6-9(17)18/h4-6H2,1-3H3,(H,17,18). The van der Waals surface area contributed by atoms with Crippen LogP contribution in [0.5, 0.6) is 0 Å². The third-order valence-electron chi connectivity index (χ3n) is 2.81. The molecule has 0 spiro atoms. The van der Waals surface area contributed by atoms with Gasteiger partial charge < -0.3 is 9.52 Å². The lowest BCUT2D eigenvalue weighted by molar-refractivity contribution is -0.139. The topological polar surface area (TPSA) is 102 Å². The van der Waals surface area contributed by atoms with Gasteiger partial charge in [-0.2, -0.15) is 0 Å². The molecule has 2 rings (SSSR count). The van der Waals surface area contributed by atoms with E-state index in [0.29, 0.717) is 18.2 Å². The second-order valence-corrected chi connectivity index (χ2v) is 6.07. The molecule has 2 aromatic rings. The van der Waals surface area contributed by atoms with Crippen LogP contribution >= 0.6 is 11.5 Å². The minimum Gasteiger partial charge on any atom is -0.481 e. The molecule has 2 aromatic heterocycles. The number of carbonyl (C=O) groups is 1. The van der Waals surface area contributed by atoms with Gasteiger partial charge in [-0.05, 0) is 23.4 Å². The monoisotopic (exact) mass is 296 g/mol. The van der Waals surface area contributed by atoms with Gasteiger partial charge in [-0.1, -0.05) is 25.3 Å². The van der Waals surface area contributed by atoms with Gasteiger partial charge in [0.1, 0.15) is 4.88 Å². The zero-order chi connectivity index (χ0) is 14.8. The Bertz CT molecular complexity index is 605. The van der Waals surface area contributed by atoms with Crippen LogP contribution in [-0.4, -0.2) is 30.9 Å². The van der Waals surface area contributed by atoms with Crippen LogP contribution < -0.4 is 0 Å². The highest BCUT2D eigenvalue weighted by atomic mass is 32.1. The van der Waals surface area contributed by atoms with Gasteiger partial charge in [-0.15, -0.1) is 15.3 Å². The van der Waals surface area contributed by atoms with Crippen LogP contribution in [0.25, 0.3) is 10.8 Å². The molecule has 0 aliphatic rings. The SMILES string of the molecule is CCc1nnsc1-c1nnc(CC(C)(C)CC(=O)O)o1. The number of carboxylic acid groups (broad SMARTS) is 1. The Kier molecular flexibility index (Phi) is 4.12. The van der Waals surface area contributed by atoms with E-state index < -0.39 is 11.4 Å². The number of nitrogens with zero attached hydrogens (tertiary/aromatic N) is 4. The second-order valence-electron chi connectivity index (χ2n) is 5.31. The maximum atomic E-state index is 10.8. The Morgan fingerprint density at radius 1 is 1.35 bits per heavy atom. The first-order chi connectivity index (χ1) is 9.41. The molecule has 20 heavy (non-hydrogen) atoms. The molecule has 0 saturated heterocycles. The maximum absolute atomic E-state index is 10.8. The second kappa shape index (κ2) is 5.66. The van der Waals surface area contributed by atoms with Crippen molar-refractivity contribution in [3.05, 3.63) is 11.6 Å². The molecular formula is C12H16N4O3S. The highest BCUT2D eigenvalue weighted by molar-refractivity contribution is 7.09. The van der Waals surface area contributed by atoms with Crippen LogP contribution in [0, 0.1) is 5.41 Å². The van der Waals surface area contributed by atoms with Crippen LogP contribution in [0.15, 0.2) is 4.42 Å². The van der Waals surface area contributed by atoms with E-state index in [1.807, 2.05) is 20.8 Å². The molecule has 0 bridgehead atoms. The van der Waals surface area contributed by atoms with Crippen molar-refractivity contribution in [1.29, 1.82) is 0 Å².